The van der Waals surface area contributed by atoms with Gasteiger partial charge in [-0.25, -0.2) is 9.78 Å². The molecule has 0 radical (unpaired) electrons. The summed E-state index contributed by atoms with van der Waals surface area (Å²) in [6, 6.07) is -0.403. The highest BCUT2D eigenvalue weighted by Gasteiger charge is 2.30. The molecule has 3 rings (SSSR count). The monoisotopic (exact) mass is 277 g/mol. The largest absolute Gasteiger partial charge is 0.480 e. The van der Waals surface area contributed by atoms with E-state index in [9.17, 15) is 9.90 Å². The number of carboxylic acids is 1. The first kappa shape index (κ1) is 13.6. The molecule has 2 unspecified atom stereocenters. The van der Waals surface area contributed by atoms with Gasteiger partial charge in [0.15, 0.2) is 0 Å². The van der Waals surface area contributed by atoms with E-state index in [0.717, 1.165) is 56.8 Å². The number of nitrogens with zero attached hydrogens (tertiary/aromatic N) is 3. The van der Waals surface area contributed by atoms with Gasteiger partial charge >= 0.3 is 5.97 Å². The summed E-state index contributed by atoms with van der Waals surface area (Å²) in [5.74, 6) is 0.889. The summed E-state index contributed by atoms with van der Waals surface area (Å²) in [7, 11) is 0. The molecule has 5 heteroatoms. The van der Waals surface area contributed by atoms with Gasteiger partial charge in [-0.3, -0.25) is 0 Å². The fraction of sp³-hybridized carbons (Fsp3) is 0.733. The third-order valence-electron chi connectivity index (χ3n) is 4.75. The molecule has 1 N–H and O–H groups in total. The molecule has 1 fully saturated rings. The Balaban J connectivity index is 1.78. The van der Waals surface area contributed by atoms with Crippen molar-refractivity contribution in [1.29, 1.82) is 0 Å². The lowest BCUT2D eigenvalue weighted by Gasteiger charge is -2.24. The van der Waals surface area contributed by atoms with Gasteiger partial charge in [0.1, 0.15) is 11.9 Å². The van der Waals surface area contributed by atoms with Crippen LogP contribution in [-0.4, -0.2) is 45.2 Å². The average molecular weight is 277 g/mol. The number of aromatic nitrogens is 2. The average Bonchev–Trinajstić information content (AvgIpc) is 3.06. The van der Waals surface area contributed by atoms with Crippen molar-refractivity contribution in [1.82, 2.24) is 14.5 Å². The molecule has 0 bridgehead atoms. The fourth-order valence-corrected chi connectivity index (χ4v) is 3.62. The minimum absolute atomic E-state index is 0.403. The molecule has 3 heterocycles. The molecule has 2 atom stereocenters. The first-order valence-corrected chi connectivity index (χ1v) is 7.69. The van der Waals surface area contributed by atoms with Crippen LogP contribution in [0.1, 0.15) is 43.7 Å². The van der Waals surface area contributed by atoms with E-state index in [2.05, 4.69) is 16.8 Å². The van der Waals surface area contributed by atoms with E-state index < -0.39 is 12.0 Å². The minimum atomic E-state index is -0.716. The topological polar surface area (TPSA) is 58.4 Å². The number of fused-ring (bicyclic) bond motifs is 1. The van der Waals surface area contributed by atoms with Crippen LogP contribution >= 0.6 is 0 Å². The van der Waals surface area contributed by atoms with Crippen molar-refractivity contribution in [3.8, 4) is 0 Å². The van der Waals surface area contributed by atoms with Crippen molar-refractivity contribution in [2.75, 3.05) is 19.6 Å². The molecule has 2 aliphatic heterocycles. The molecule has 5 nitrogen and oxygen atoms in total. The van der Waals surface area contributed by atoms with Gasteiger partial charge in [-0.15, -0.1) is 0 Å². The highest BCUT2D eigenvalue weighted by Crippen LogP contribution is 2.29. The number of carboxylic acid groups (broad SMARTS) is 1. The molecular formula is C15H23N3O2. The summed E-state index contributed by atoms with van der Waals surface area (Å²) < 4.78 is 2.00. The van der Waals surface area contributed by atoms with Crippen LogP contribution < -0.4 is 0 Å². The van der Waals surface area contributed by atoms with Gasteiger partial charge in [-0.1, -0.05) is 6.92 Å². The van der Waals surface area contributed by atoms with Crippen LogP contribution in [0.4, 0.5) is 0 Å². The van der Waals surface area contributed by atoms with E-state index in [1.54, 1.807) is 0 Å². The maximum absolute atomic E-state index is 11.4. The van der Waals surface area contributed by atoms with Crippen molar-refractivity contribution in [2.45, 2.75) is 45.1 Å². The molecule has 1 saturated heterocycles. The summed E-state index contributed by atoms with van der Waals surface area (Å²) >= 11 is 0. The molecule has 110 valence electrons. The zero-order chi connectivity index (χ0) is 14.1. The van der Waals surface area contributed by atoms with Gasteiger partial charge in [0, 0.05) is 24.9 Å². The van der Waals surface area contributed by atoms with Crippen LogP contribution in [-0.2, 0) is 17.6 Å². The molecular weight excluding hydrogens is 254 g/mol. The quantitative estimate of drug-likeness (QED) is 0.910. The summed E-state index contributed by atoms with van der Waals surface area (Å²) in [6.07, 6.45) is 6.65. The smallest absolute Gasteiger partial charge is 0.326 e. The predicted molar refractivity (Wildman–Crippen MR) is 75.8 cm³/mol. The van der Waals surface area contributed by atoms with Gasteiger partial charge in [0.05, 0.1) is 0 Å². The Labute approximate surface area is 119 Å². The minimum Gasteiger partial charge on any atom is -0.480 e. The highest BCUT2D eigenvalue weighted by atomic mass is 16.4. The fourth-order valence-electron chi connectivity index (χ4n) is 3.62. The second-order valence-electron chi connectivity index (χ2n) is 6.03. The Hall–Kier alpha value is -1.36. The van der Waals surface area contributed by atoms with Gasteiger partial charge < -0.3 is 14.6 Å². The lowest BCUT2D eigenvalue weighted by atomic mass is 10.0. The standard InChI is InChI=1S/C15H23N3O2/c1-2-17-7-6-11(10-17)8-14-16-9-12-4-3-5-13(15(19)20)18(12)14/h9,11,13H,2-8,10H2,1H3,(H,19,20). The molecule has 2 aliphatic rings. The number of rotatable bonds is 4. The van der Waals surface area contributed by atoms with E-state index >= 15 is 0 Å². The van der Waals surface area contributed by atoms with Crippen LogP contribution in [0.3, 0.4) is 0 Å². The molecule has 0 aromatic carbocycles. The van der Waals surface area contributed by atoms with Crippen molar-refractivity contribution in [2.24, 2.45) is 5.92 Å². The predicted octanol–water partition coefficient (Wildman–Crippen LogP) is 1.73. The van der Waals surface area contributed by atoms with Crippen molar-refractivity contribution >= 4 is 5.97 Å². The summed E-state index contributed by atoms with van der Waals surface area (Å²) in [5.41, 5.74) is 1.10. The zero-order valence-electron chi connectivity index (χ0n) is 12.1. The molecule has 0 saturated carbocycles. The number of aliphatic carboxylic acids is 1. The lowest BCUT2D eigenvalue weighted by molar-refractivity contribution is -0.141. The number of imidazole rings is 1. The van der Waals surface area contributed by atoms with Crippen molar-refractivity contribution < 1.29 is 9.90 Å². The SMILES string of the molecule is CCN1CCC(Cc2ncc3n2C(C(=O)O)CCC3)C1. The molecule has 0 aliphatic carbocycles. The third kappa shape index (κ3) is 2.46. The maximum atomic E-state index is 11.4. The van der Waals surface area contributed by atoms with Gasteiger partial charge in [0.2, 0.25) is 0 Å². The Kier molecular flexibility index (Phi) is 3.78. The van der Waals surface area contributed by atoms with E-state index in [-0.39, 0.29) is 0 Å². The van der Waals surface area contributed by atoms with E-state index in [4.69, 9.17) is 0 Å². The Morgan fingerprint density at radius 2 is 2.35 bits per heavy atom. The zero-order valence-corrected chi connectivity index (χ0v) is 12.1. The van der Waals surface area contributed by atoms with E-state index in [1.165, 1.54) is 6.42 Å². The Bertz CT molecular complexity index is 497. The number of aryl methyl sites for hydroxylation is 1. The second-order valence-corrected chi connectivity index (χ2v) is 6.03. The third-order valence-corrected chi connectivity index (χ3v) is 4.75. The lowest BCUT2D eigenvalue weighted by Crippen LogP contribution is -2.27. The van der Waals surface area contributed by atoms with Crippen LogP contribution in [0.2, 0.25) is 0 Å². The molecule has 0 amide bonds. The first-order valence-electron chi connectivity index (χ1n) is 7.69. The molecule has 0 spiro atoms. The number of likely N-dealkylation sites (tertiary alicyclic amines) is 1. The first-order chi connectivity index (χ1) is 9.69. The molecule has 20 heavy (non-hydrogen) atoms. The summed E-state index contributed by atoms with van der Waals surface area (Å²) in [5, 5.41) is 9.41. The number of carbonyl (C=O) groups is 1. The van der Waals surface area contributed by atoms with Gasteiger partial charge in [0.25, 0.3) is 0 Å². The molecule has 1 aromatic rings. The van der Waals surface area contributed by atoms with Crippen LogP contribution in [0, 0.1) is 5.92 Å². The maximum Gasteiger partial charge on any atom is 0.326 e. The second kappa shape index (κ2) is 5.56. The van der Waals surface area contributed by atoms with Crippen molar-refractivity contribution in [3.63, 3.8) is 0 Å². The number of hydrogen-bond acceptors (Lipinski definition) is 3. The van der Waals surface area contributed by atoms with Crippen LogP contribution in [0.25, 0.3) is 0 Å². The van der Waals surface area contributed by atoms with E-state index in [1.807, 2.05) is 10.8 Å². The summed E-state index contributed by atoms with van der Waals surface area (Å²) in [6.45, 7) is 5.59. The molecule has 1 aromatic heterocycles. The normalized spacial score (nSPS) is 26.6. The van der Waals surface area contributed by atoms with Gasteiger partial charge in [-0.2, -0.15) is 0 Å². The van der Waals surface area contributed by atoms with E-state index in [0.29, 0.717) is 5.92 Å². The Morgan fingerprint density at radius 3 is 3.05 bits per heavy atom. The van der Waals surface area contributed by atoms with Crippen LogP contribution in [0.15, 0.2) is 6.20 Å². The Morgan fingerprint density at radius 1 is 1.50 bits per heavy atom. The van der Waals surface area contributed by atoms with Gasteiger partial charge in [-0.05, 0) is 44.7 Å². The van der Waals surface area contributed by atoms with Crippen LogP contribution in [0.5, 0.6) is 0 Å². The highest BCUT2D eigenvalue weighted by molar-refractivity contribution is 5.72. The number of hydrogen-bond donors (Lipinski definition) is 1. The summed E-state index contributed by atoms with van der Waals surface area (Å²) in [4.78, 5) is 18.4. The van der Waals surface area contributed by atoms with Crippen molar-refractivity contribution in [3.05, 3.63) is 17.7 Å².